The lowest BCUT2D eigenvalue weighted by Gasteiger charge is -2.25. The van der Waals surface area contributed by atoms with E-state index in [0.717, 1.165) is 0 Å². The van der Waals surface area contributed by atoms with Crippen LogP contribution in [0.3, 0.4) is 0 Å². The number of amides is 3. The maximum atomic E-state index is 13.4. The van der Waals surface area contributed by atoms with Crippen molar-refractivity contribution in [1.82, 2.24) is 16.0 Å². The topological polar surface area (TPSA) is 208 Å². The number of thioether (sulfide) groups is 1. The Balaban J connectivity index is 2.22. The number of phenols is 1. The lowest BCUT2D eigenvalue weighted by Crippen LogP contribution is -2.57. The minimum atomic E-state index is -1.37. The van der Waals surface area contributed by atoms with Crippen LogP contribution in [0.25, 0.3) is 0 Å². The van der Waals surface area contributed by atoms with E-state index in [2.05, 4.69) is 16.0 Å². The van der Waals surface area contributed by atoms with Gasteiger partial charge in [-0.25, -0.2) is 4.79 Å². The predicted octanol–water partition coefficient (Wildman–Crippen LogP) is 0.662. The summed E-state index contributed by atoms with van der Waals surface area (Å²) in [5.74, 6) is -4.19. The largest absolute Gasteiger partial charge is 0.508 e. The highest BCUT2D eigenvalue weighted by Gasteiger charge is 2.30. The average Bonchev–Trinajstić information content (AvgIpc) is 2.94. The molecule has 0 radical (unpaired) electrons. The summed E-state index contributed by atoms with van der Waals surface area (Å²) in [6.45, 7) is 0. The number of carbonyl (C=O) groups is 5. The highest BCUT2D eigenvalue weighted by Crippen LogP contribution is 2.12. The van der Waals surface area contributed by atoms with E-state index >= 15 is 0 Å². The molecule has 0 saturated carbocycles. The molecule has 222 valence electrons. The van der Waals surface area contributed by atoms with E-state index in [1.807, 2.05) is 0 Å². The second-order valence-electron chi connectivity index (χ2n) is 9.40. The summed E-state index contributed by atoms with van der Waals surface area (Å²) in [4.78, 5) is 62.2. The molecule has 0 aliphatic heterocycles. The zero-order valence-corrected chi connectivity index (χ0v) is 23.4. The summed E-state index contributed by atoms with van der Waals surface area (Å²) < 4.78 is 0. The molecule has 8 N–H and O–H groups in total. The molecule has 0 spiro atoms. The minimum Gasteiger partial charge on any atom is -0.508 e. The third-order valence-corrected chi connectivity index (χ3v) is 6.79. The second kappa shape index (κ2) is 16.9. The van der Waals surface area contributed by atoms with Gasteiger partial charge in [-0.05, 0) is 54.5 Å². The van der Waals surface area contributed by atoms with Crippen molar-refractivity contribution in [2.75, 3.05) is 12.0 Å². The number of rotatable bonds is 17. The molecule has 0 saturated heterocycles. The van der Waals surface area contributed by atoms with E-state index in [1.165, 1.54) is 23.9 Å². The van der Waals surface area contributed by atoms with Crippen molar-refractivity contribution in [2.45, 2.75) is 56.3 Å². The first-order valence-electron chi connectivity index (χ1n) is 12.9. The SMILES string of the molecule is CSCCC(NC(=O)C(CCC(=O)O)NC(=O)C(Cc1ccccc1)NC(=O)C(N)Cc1ccc(O)cc1)C(=O)O. The summed E-state index contributed by atoms with van der Waals surface area (Å²) in [6.07, 6.45) is 1.33. The first-order chi connectivity index (χ1) is 19.5. The number of aliphatic carboxylic acids is 2. The van der Waals surface area contributed by atoms with Crippen LogP contribution in [0, 0.1) is 0 Å². The molecule has 2 rings (SSSR count). The monoisotopic (exact) mass is 588 g/mol. The normalized spacial score (nSPS) is 13.7. The average molecular weight is 589 g/mol. The third kappa shape index (κ3) is 11.9. The van der Waals surface area contributed by atoms with Crippen molar-refractivity contribution in [1.29, 1.82) is 0 Å². The number of carboxylic acids is 2. The molecule has 0 fully saturated rings. The number of benzene rings is 2. The molecule has 12 nitrogen and oxygen atoms in total. The summed E-state index contributed by atoms with van der Waals surface area (Å²) in [7, 11) is 0. The van der Waals surface area contributed by atoms with Crippen LogP contribution in [0.4, 0.5) is 0 Å². The van der Waals surface area contributed by atoms with Gasteiger partial charge in [0.1, 0.15) is 23.9 Å². The predicted molar refractivity (Wildman–Crippen MR) is 153 cm³/mol. The summed E-state index contributed by atoms with van der Waals surface area (Å²) in [5.41, 5.74) is 7.48. The molecule has 0 heterocycles. The molecule has 2 aromatic carbocycles. The first-order valence-corrected chi connectivity index (χ1v) is 14.3. The number of nitrogens with one attached hydrogen (secondary N) is 3. The maximum absolute atomic E-state index is 13.4. The van der Waals surface area contributed by atoms with Crippen LogP contribution >= 0.6 is 11.8 Å². The van der Waals surface area contributed by atoms with Gasteiger partial charge in [-0.15, -0.1) is 0 Å². The van der Waals surface area contributed by atoms with Crippen molar-refractivity contribution in [3.05, 3.63) is 65.7 Å². The molecule has 0 bridgehead atoms. The Morgan fingerprint density at radius 2 is 1.32 bits per heavy atom. The number of carboxylic acid groups (broad SMARTS) is 2. The Kier molecular flexibility index (Phi) is 13.6. The standard InChI is InChI=1S/C28H36N4O8S/c1-41-14-13-22(28(39)40)31-26(37)21(11-12-24(34)35)30-27(38)23(16-17-5-3-2-4-6-17)32-25(36)20(29)15-18-7-9-19(33)10-8-18/h2-10,20-23,33H,11-16,29H2,1H3,(H,30,38)(H,31,37)(H,32,36)(H,34,35)(H,39,40). The molecule has 0 aliphatic carbocycles. The summed E-state index contributed by atoms with van der Waals surface area (Å²) in [6, 6.07) is 10.2. The fourth-order valence-corrected chi connectivity index (χ4v) is 4.36. The fraction of sp³-hybridized carbons (Fsp3) is 0.393. The molecule has 0 aromatic heterocycles. The second-order valence-corrected chi connectivity index (χ2v) is 10.4. The van der Waals surface area contributed by atoms with Gasteiger partial charge in [-0.2, -0.15) is 11.8 Å². The van der Waals surface area contributed by atoms with Gasteiger partial charge >= 0.3 is 11.9 Å². The number of aromatic hydroxyl groups is 1. The quantitative estimate of drug-likeness (QED) is 0.137. The van der Waals surface area contributed by atoms with Gasteiger partial charge in [-0.3, -0.25) is 19.2 Å². The molecular weight excluding hydrogens is 552 g/mol. The van der Waals surface area contributed by atoms with E-state index in [0.29, 0.717) is 16.9 Å². The zero-order chi connectivity index (χ0) is 30.4. The van der Waals surface area contributed by atoms with Gasteiger partial charge in [0.2, 0.25) is 17.7 Å². The van der Waals surface area contributed by atoms with Crippen LogP contribution in [-0.4, -0.2) is 81.2 Å². The van der Waals surface area contributed by atoms with Crippen LogP contribution in [0.1, 0.15) is 30.4 Å². The van der Waals surface area contributed by atoms with Crippen LogP contribution in [0.15, 0.2) is 54.6 Å². The van der Waals surface area contributed by atoms with Crippen LogP contribution < -0.4 is 21.7 Å². The Labute approximate surface area is 242 Å². The van der Waals surface area contributed by atoms with Crippen LogP contribution in [-0.2, 0) is 36.8 Å². The fourth-order valence-electron chi connectivity index (χ4n) is 3.89. The number of nitrogens with two attached hydrogens (primary N) is 1. The van der Waals surface area contributed by atoms with Crippen LogP contribution in [0.2, 0.25) is 0 Å². The smallest absolute Gasteiger partial charge is 0.326 e. The van der Waals surface area contributed by atoms with Crippen molar-refractivity contribution in [3.63, 3.8) is 0 Å². The Morgan fingerprint density at radius 1 is 0.756 bits per heavy atom. The summed E-state index contributed by atoms with van der Waals surface area (Å²) in [5, 5.41) is 35.6. The minimum absolute atomic E-state index is 0.0447. The maximum Gasteiger partial charge on any atom is 0.326 e. The van der Waals surface area contributed by atoms with Gasteiger partial charge in [0.05, 0.1) is 6.04 Å². The lowest BCUT2D eigenvalue weighted by molar-refractivity contribution is -0.143. The van der Waals surface area contributed by atoms with Crippen molar-refractivity contribution in [3.8, 4) is 5.75 Å². The van der Waals surface area contributed by atoms with Gasteiger partial charge in [-0.1, -0.05) is 42.5 Å². The van der Waals surface area contributed by atoms with E-state index in [4.69, 9.17) is 10.8 Å². The number of carbonyl (C=O) groups excluding carboxylic acids is 3. The Bertz CT molecular complexity index is 1180. The highest BCUT2D eigenvalue weighted by molar-refractivity contribution is 7.98. The Hall–Kier alpha value is -4.10. The highest BCUT2D eigenvalue weighted by atomic mass is 32.2. The van der Waals surface area contributed by atoms with E-state index < -0.39 is 60.2 Å². The molecule has 3 amide bonds. The van der Waals surface area contributed by atoms with Crippen molar-refractivity contribution in [2.24, 2.45) is 5.73 Å². The van der Waals surface area contributed by atoms with Crippen molar-refractivity contribution >= 4 is 41.4 Å². The van der Waals surface area contributed by atoms with Gasteiger partial charge < -0.3 is 37.0 Å². The van der Waals surface area contributed by atoms with E-state index in [-0.39, 0.29) is 31.4 Å². The first kappa shape index (κ1) is 33.1. The molecule has 4 unspecified atom stereocenters. The molecule has 2 aromatic rings. The molecule has 41 heavy (non-hydrogen) atoms. The van der Waals surface area contributed by atoms with Gasteiger partial charge in [0.15, 0.2) is 0 Å². The van der Waals surface area contributed by atoms with E-state index in [1.54, 1.807) is 48.7 Å². The molecule has 0 aliphatic rings. The lowest BCUT2D eigenvalue weighted by atomic mass is 10.0. The zero-order valence-electron chi connectivity index (χ0n) is 22.6. The van der Waals surface area contributed by atoms with Crippen molar-refractivity contribution < 1.29 is 39.3 Å². The number of phenolic OH excluding ortho intramolecular Hbond substituents is 1. The van der Waals surface area contributed by atoms with Crippen LogP contribution in [0.5, 0.6) is 5.75 Å². The Morgan fingerprint density at radius 3 is 1.90 bits per heavy atom. The molecule has 13 heteroatoms. The molecule has 4 atom stereocenters. The molecular formula is C28H36N4O8S. The number of hydrogen-bond donors (Lipinski definition) is 7. The third-order valence-electron chi connectivity index (χ3n) is 6.15. The summed E-state index contributed by atoms with van der Waals surface area (Å²) >= 11 is 1.40. The van der Waals surface area contributed by atoms with E-state index in [9.17, 15) is 34.2 Å². The van der Waals surface area contributed by atoms with Gasteiger partial charge in [0, 0.05) is 12.8 Å². The number of hydrogen-bond acceptors (Lipinski definition) is 8. The van der Waals surface area contributed by atoms with Gasteiger partial charge in [0.25, 0.3) is 0 Å².